The standard InChI is InChI=1S/C31H37N7O8/c1-16-25(40)26(41)27(42)31(46-16)36-30(45)23-12-18(14-38(23)3)33-24(39)9-6-10-32-29(44)22-13-19(15-37(22)2)34-28(43)21-11-17-7-4-5-8-20(17)35-21/h4-5,7-8,11-16,25-27,31,35,40-42H,6,9-10H2,1-3H3,(H,32,44)(H,33,39)(H,34,43)(H,36,45)/t16-,25-,26+,27+,31-/m1/s1. The Bertz CT molecular complexity index is 1720. The third-order valence-corrected chi connectivity index (χ3v) is 7.78. The highest BCUT2D eigenvalue weighted by Crippen LogP contribution is 2.21. The molecule has 4 amide bonds. The zero-order chi connectivity index (χ0) is 33.1. The second kappa shape index (κ2) is 13.6. The first-order chi connectivity index (χ1) is 21.9. The zero-order valence-corrected chi connectivity index (χ0v) is 25.5. The third-order valence-electron chi connectivity index (χ3n) is 7.78. The number of para-hydroxylation sites is 1. The summed E-state index contributed by atoms with van der Waals surface area (Å²) in [6.07, 6.45) is -2.76. The molecule has 0 unspecified atom stereocenters. The minimum Gasteiger partial charge on any atom is -0.388 e. The van der Waals surface area contributed by atoms with Gasteiger partial charge in [-0.25, -0.2) is 0 Å². The molecule has 0 bridgehead atoms. The summed E-state index contributed by atoms with van der Waals surface area (Å²) in [5.41, 5.74) is 2.55. The van der Waals surface area contributed by atoms with E-state index in [9.17, 15) is 34.5 Å². The lowest BCUT2D eigenvalue weighted by atomic mass is 9.99. The maximum Gasteiger partial charge on any atom is 0.272 e. The van der Waals surface area contributed by atoms with Crippen LogP contribution in [0.25, 0.3) is 10.9 Å². The van der Waals surface area contributed by atoms with Gasteiger partial charge in [-0.05, 0) is 37.6 Å². The smallest absolute Gasteiger partial charge is 0.272 e. The molecule has 0 aliphatic carbocycles. The highest BCUT2D eigenvalue weighted by Gasteiger charge is 2.42. The Labute approximate surface area is 263 Å². The summed E-state index contributed by atoms with van der Waals surface area (Å²) in [5.74, 6) is -1.65. The van der Waals surface area contributed by atoms with E-state index in [1.165, 1.54) is 23.8 Å². The molecule has 8 N–H and O–H groups in total. The van der Waals surface area contributed by atoms with Crippen LogP contribution in [-0.4, -0.2) is 90.3 Å². The van der Waals surface area contributed by atoms with Crippen LogP contribution in [0.5, 0.6) is 0 Å². The SMILES string of the molecule is C[C@H]1O[C@@H](NC(=O)c2cc(NC(=O)CCCNC(=O)c3cc(NC(=O)c4cc5ccccc5[nH]4)cn3C)cn2C)[C@@H](O)[C@@H](O)[C@@H]1O. The van der Waals surface area contributed by atoms with E-state index in [0.717, 1.165) is 10.9 Å². The number of nitrogens with zero attached hydrogens (tertiary/aromatic N) is 2. The molecule has 0 radical (unpaired) electrons. The molecule has 244 valence electrons. The van der Waals surface area contributed by atoms with Gasteiger partial charge in [-0.1, -0.05) is 18.2 Å². The summed E-state index contributed by atoms with van der Waals surface area (Å²) in [6.45, 7) is 1.73. The van der Waals surface area contributed by atoms with Gasteiger partial charge in [0.05, 0.1) is 17.5 Å². The first-order valence-electron chi connectivity index (χ1n) is 14.7. The number of anilines is 2. The maximum atomic E-state index is 12.8. The van der Waals surface area contributed by atoms with Crippen molar-refractivity contribution in [2.45, 2.75) is 50.4 Å². The van der Waals surface area contributed by atoms with Crippen LogP contribution in [0.4, 0.5) is 11.4 Å². The third kappa shape index (κ3) is 7.13. The second-order valence-corrected chi connectivity index (χ2v) is 11.3. The molecule has 5 atom stereocenters. The Morgan fingerprint density at radius 2 is 1.50 bits per heavy atom. The van der Waals surface area contributed by atoms with E-state index in [4.69, 9.17) is 4.74 Å². The average molecular weight is 636 g/mol. The first kappa shape index (κ1) is 32.4. The number of aryl methyl sites for hydroxylation is 2. The predicted octanol–water partition coefficient (Wildman–Crippen LogP) is 0.803. The van der Waals surface area contributed by atoms with Crippen molar-refractivity contribution in [3.8, 4) is 0 Å². The van der Waals surface area contributed by atoms with Crippen LogP contribution in [0.15, 0.2) is 54.9 Å². The molecule has 5 rings (SSSR count). The molecule has 1 fully saturated rings. The molecule has 0 saturated carbocycles. The number of carbonyl (C=O) groups is 4. The van der Waals surface area contributed by atoms with Gasteiger partial charge in [0, 0.05) is 50.4 Å². The Balaban J connectivity index is 1.06. The van der Waals surface area contributed by atoms with E-state index in [-0.39, 0.29) is 36.4 Å². The topological polar surface area (TPSA) is 212 Å². The maximum absolute atomic E-state index is 12.8. The van der Waals surface area contributed by atoms with Crippen molar-refractivity contribution in [3.05, 3.63) is 71.9 Å². The number of aromatic nitrogens is 3. The fourth-order valence-electron chi connectivity index (χ4n) is 5.25. The molecule has 1 aliphatic heterocycles. The van der Waals surface area contributed by atoms with Gasteiger partial charge in [0.15, 0.2) is 6.23 Å². The number of nitrogens with one attached hydrogen (secondary N) is 5. The number of hydrogen-bond donors (Lipinski definition) is 8. The van der Waals surface area contributed by atoms with Gasteiger partial charge in [0.2, 0.25) is 5.91 Å². The molecule has 1 aliphatic rings. The van der Waals surface area contributed by atoms with Gasteiger partial charge in [-0.15, -0.1) is 0 Å². The van der Waals surface area contributed by atoms with Crippen LogP contribution < -0.4 is 21.3 Å². The monoisotopic (exact) mass is 635 g/mol. The fourth-order valence-corrected chi connectivity index (χ4v) is 5.25. The molecule has 1 saturated heterocycles. The summed E-state index contributed by atoms with van der Waals surface area (Å²) >= 11 is 0. The molecule has 1 aromatic carbocycles. The van der Waals surface area contributed by atoms with E-state index in [1.807, 2.05) is 24.3 Å². The Hall–Kier alpha value is -4.96. The molecule has 15 heteroatoms. The number of H-pyrrole nitrogens is 1. The van der Waals surface area contributed by atoms with Crippen molar-refractivity contribution in [2.24, 2.45) is 14.1 Å². The largest absolute Gasteiger partial charge is 0.388 e. The summed E-state index contributed by atoms with van der Waals surface area (Å²) in [4.78, 5) is 53.9. The van der Waals surface area contributed by atoms with Crippen LogP contribution in [0.2, 0.25) is 0 Å². The van der Waals surface area contributed by atoms with Gasteiger partial charge >= 0.3 is 0 Å². The van der Waals surface area contributed by atoms with Crippen LogP contribution in [0.3, 0.4) is 0 Å². The second-order valence-electron chi connectivity index (χ2n) is 11.3. The molecule has 4 aromatic rings. The van der Waals surface area contributed by atoms with Crippen LogP contribution in [0.1, 0.15) is 51.2 Å². The number of aliphatic hydroxyl groups is 3. The van der Waals surface area contributed by atoms with E-state index in [0.29, 0.717) is 29.2 Å². The Morgan fingerprint density at radius 1 is 0.848 bits per heavy atom. The number of aliphatic hydroxyl groups excluding tert-OH is 3. The van der Waals surface area contributed by atoms with Crippen molar-refractivity contribution < 1.29 is 39.2 Å². The number of carbonyl (C=O) groups excluding carboxylic acids is 4. The zero-order valence-electron chi connectivity index (χ0n) is 25.5. The molecular weight excluding hydrogens is 598 g/mol. The lowest BCUT2D eigenvalue weighted by molar-refractivity contribution is -0.221. The summed E-state index contributed by atoms with van der Waals surface area (Å²) in [5, 5.41) is 41.7. The van der Waals surface area contributed by atoms with Crippen molar-refractivity contribution in [2.75, 3.05) is 17.2 Å². The molecule has 15 nitrogen and oxygen atoms in total. The summed E-state index contributed by atoms with van der Waals surface area (Å²) in [7, 11) is 3.29. The van der Waals surface area contributed by atoms with Crippen LogP contribution in [-0.2, 0) is 23.6 Å². The predicted molar refractivity (Wildman–Crippen MR) is 167 cm³/mol. The highest BCUT2D eigenvalue weighted by molar-refractivity contribution is 6.06. The average Bonchev–Trinajstić information content (AvgIpc) is 3.72. The molecule has 46 heavy (non-hydrogen) atoms. The van der Waals surface area contributed by atoms with E-state index in [2.05, 4.69) is 26.3 Å². The van der Waals surface area contributed by atoms with Crippen LogP contribution >= 0.6 is 0 Å². The fraction of sp³-hybridized carbons (Fsp3) is 0.355. The quantitative estimate of drug-likeness (QED) is 0.117. The summed E-state index contributed by atoms with van der Waals surface area (Å²) in [6, 6.07) is 12.3. The van der Waals surface area contributed by atoms with Gasteiger partial charge in [-0.3, -0.25) is 19.2 Å². The number of hydrogen-bond acceptors (Lipinski definition) is 8. The number of amides is 4. The van der Waals surface area contributed by atoms with Gasteiger partial charge in [0.1, 0.15) is 35.4 Å². The van der Waals surface area contributed by atoms with E-state index >= 15 is 0 Å². The van der Waals surface area contributed by atoms with Crippen molar-refractivity contribution in [1.82, 2.24) is 24.8 Å². The molecule has 4 heterocycles. The van der Waals surface area contributed by atoms with Crippen molar-refractivity contribution in [3.63, 3.8) is 0 Å². The van der Waals surface area contributed by atoms with Gasteiger partial charge in [-0.2, -0.15) is 0 Å². The number of fused-ring (bicyclic) bond motifs is 1. The van der Waals surface area contributed by atoms with Crippen molar-refractivity contribution >= 4 is 45.9 Å². The van der Waals surface area contributed by atoms with Crippen molar-refractivity contribution in [1.29, 1.82) is 0 Å². The number of rotatable bonds is 10. The Kier molecular flexibility index (Phi) is 9.57. The lowest BCUT2D eigenvalue weighted by Crippen LogP contribution is -2.61. The number of benzene rings is 1. The highest BCUT2D eigenvalue weighted by atomic mass is 16.5. The van der Waals surface area contributed by atoms with Crippen LogP contribution in [0, 0.1) is 0 Å². The molecule has 3 aromatic heterocycles. The molecular formula is C31H37N7O8. The number of ether oxygens (including phenoxy) is 1. The first-order valence-corrected chi connectivity index (χ1v) is 14.7. The lowest BCUT2D eigenvalue weighted by Gasteiger charge is -2.39. The summed E-state index contributed by atoms with van der Waals surface area (Å²) < 4.78 is 8.49. The van der Waals surface area contributed by atoms with Gasteiger partial charge in [0.25, 0.3) is 17.7 Å². The van der Waals surface area contributed by atoms with E-state index < -0.39 is 36.6 Å². The molecule has 0 spiro atoms. The normalized spacial score (nSPS) is 21.1. The Morgan fingerprint density at radius 3 is 2.20 bits per heavy atom. The minimum atomic E-state index is -1.53. The van der Waals surface area contributed by atoms with Gasteiger partial charge < -0.3 is 55.4 Å². The minimum absolute atomic E-state index is 0.0931. The van der Waals surface area contributed by atoms with E-state index in [1.54, 1.807) is 37.0 Å². The number of aromatic amines is 1.